The summed E-state index contributed by atoms with van der Waals surface area (Å²) in [5, 5.41) is 3.30. The summed E-state index contributed by atoms with van der Waals surface area (Å²) in [5.41, 5.74) is 6.51. The maximum absolute atomic E-state index is 6.02. The van der Waals surface area contributed by atoms with Crippen LogP contribution in [0.4, 0.5) is 11.5 Å². The predicted molar refractivity (Wildman–Crippen MR) is 76.4 cm³/mol. The minimum atomic E-state index is 0.471. The lowest BCUT2D eigenvalue weighted by Crippen LogP contribution is -2.31. The van der Waals surface area contributed by atoms with Crippen LogP contribution in [0, 0.1) is 0 Å². The van der Waals surface area contributed by atoms with Gasteiger partial charge in [0.15, 0.2) is 5.82 Å². The van der Waals surface area contributed by atoms with Crippen molar-refractivity contribution in [2.75, 3.05) is 37.8 Å². The van der Waals surface area contributed by atoms with Crippen molar-refractivity contribution in [3.63, 3.8) is 0 Å². The normalized spacial score (nSPS) is 19.6. The Kier molecular flexibility index (Phi) is 4.79. The molecule has 1 aliphatic heterocycles. The number of nitrogens with zero attached hydrogens (tertiary/aromatic N) is 3. The highest BCUT2D eigenvalue weighted by molar-refractivity contribution is 5.66. The van der Waals surface area contributed by atoms with E-state index in [1.165, 1.54) is 19.2 Å². The van der Waals surface area contributed by atoms with E-state index in [0.717, 1.165) is 19.5 Å². The van der Waals surface area contributed by atoms with E-state index in [4.69, 9.17) is 10.5 Å². The number of likely N-dealkylation sites (N-methyl/N-ethyl adjacent to an activating group) is 1. The molecule has 3 N–H and O–H groups in total. The summed E-state index contributed by atoms with van der Waals surface area (Å²) in [6.45, 7) is 4.68. The highest BCUT2D eigenvalue weighted by atomic mass is 16.5. The molecule has 6 heteroatoms. The molecule has 0 radical (unpaired) electrons. The number of ether oxygens (including phenoxy) is 1. The molecule has 1 aliphatic rings. The third kappa shape index (κ3) is 3.47. The third-order valence-corrected chi connectivity index (χ3v) is 3.47. The average Bonchev–Trinajstić information content (AvgIpc) is 2.82. The SMILES string of the molecule is CCCOc1ncnc(NCC2CCCN2C)c1N. The summed E-state index contributed by atoms with van der Waals surface area (Å²) in [6.07, 6.45) is 4.89. The molecule has 1 unspecified atom stereocenters. The summed E-state index contributed by atoms with van der Waals surface area (Å²) in [6, 6.07) is 0.550. The van der Waals surface area contributed by atoms with Gasteiger partial charge >= 0.3 is 0 Å². The number of rotatable bonds is 6. The lowest BCUT2D eigenvalue weighted by molar-refractivity contribution is 0.306. The van der Waals surface area contributed by atoms with E-state index in [9.17, 15) is 0 Å². The lowest BCUT2D eigenvalue weighted by Gasteiger charge is -2.20. The minimum Gasteiger partial charge on any atom is -0.476 e. The fraction of sp³-hybridized carbons (Fsp3) is 0.692. The fourth-order valence-corrected chi connectivity index (χ4v) is 2.29. The van der Waals surface area contributed by atoms with Gasteiger partial charge in [0.05, 0.1) is 6.61 Å². The number of nitrogen functional groups attached to an aromatic ring is 1. The van der Waals surface area contributed by atoms with Crippen LogP contribution in [-0.4, -0.2) is 47.7 Å². The molecule has 0 spiro atoms. The molecule has 0 aromatic carbocycles. The Morgan fingerprint density at radius 2 is 2.37 bits per heavy atom. The Hall–Kier alpha value is -1.56. The number of hydrogen-bond donors (Lipinski definition) is 2. The summed E-state index contributed by atoms with van der Waals surface area (Å²) < 4.78 is 5.49. The summed E-state index contributed by atoms with van der Waals surface area (Å²) in [7, 11) is 2.15. The molecule has 1 aromatic heterocycles. The number of hydrogen-bond acceptors (Lipinski definition) is 6. The second-order valence-electron chi connectivity index (χ2n) is 4.95. The summed E-state index contributed by atoms with van der Waals surface area (Å²) in [4.78, 5) is 10.6. The highest BCUT2D eigenvalue weighted by Crippen LogP contribution is 2.25. The minimum absolute atomic E-state index is 0.471. The molecule has 19 heavy (non-hydrogen) atoms. The van der Waals surface area contributed by atoms with Crippen molar-refractivity contribution in [3.8, 4) is 5.88 Å². The van der Waals surface area contributed by atoms with Crippen molar-refractivity contribution in [2.45, 2.75) is 32.2 Å². The number of aromatic nitrogens is 2. The van der Waals surface area contributed by atoms with Gasteiger partial charge in [-0.2, -0.15) is 4.98 Å². The van der Waals surface area contributed by atoms with Crippen LogP contribution in [0.2, 0.25) is 0 Å². The Morgan fingerprint density at radius 3 is 3.05 bits per heavy atom. The van der Waals surface area contributed by atoms with Crippen LogP contribution >= 0.6 is 0 Å². The second-order valence-corrected chi connectivity index (χ2v) is 4.95. The molecule has 1 saturated heterocycles. The summed E-state index contributed by atoms with van der Waals surface area (Å²) in [5.74, 6) is 1.14. The first-order valence-electron chi connectivity index (χ1n) is 6.89. The van der Waals surface area contributed by atoms with Gasteiger partial charge in [-0.25, -0.2) is 4.98 Å². The number of likely N-dealkylation sites (tertiary alicyclic amines) is 1. The van der Waals surface area contributed by atoms with Gasteiger partial charge in [0.2, 0.25) is 5.88 Å². The second kappa shape index (κ2) is 6.56. The smallest absolute Gasteiger partial charge is 0.242 e. The molecular formula is C13H23N5O. The Labute approximate surface area is 114 Å². The molecule has 2 heterocycles. The van der Waals surface area contributed by atoms with E-state index in [1.54, 1.807) is 0 Å². The number of nitrogens with two attached hydrogens (primary N) is 1. The van der Waals surface area contributed by atoms with Crippen LogP contribution in [0.25, 0.3) is 0 Å². The third-order valence-electron chi connectivity index (χ3n) is 3.47. The predicted octanol–water partition coefficient (Wildman–Crippen LogP) is 1.35. The Morgan fingerprint density at radius 1 is 1.53 bits per heavy atom. The van der Waals surface area contributed by atoms with Crippen LogP contribution in [-0.2, 0) is 0 Å². The molecule has 0 saturated carbocycles. The van der Waals surface area contributed by atoms with Gasteiger partial charge in [0, 0.05) is 12.6 Å². The van der Waals surface area contributed by atoms with E-state index in [1.807, 2.05) is 6.92 Å². The zero-order valence-corrected chi connectivity index (χ0v) is 11.7. The average molecular weight is 265 g/mol. The van der Waals surface area contributed by atoms with Crippen LogP contribution < -0.4 is 15.8 Å². The van der Waals surface area contributed by atoms with Gasteiger partial charge in [-0.15, -0.1) is 0 Å². The fourth-order valence-electron chi connectivity index (χ4n) is 2.29. The van der Waals surface area contributed by atoms with E-state index >= 15 is 0 Å². The van der Waals surface area contributed by atoms with E-state index in [2.05, 4.69) is 27.2 Å². The highest BCUT2D eigenvalue weighted by Gasteiger charge is 2.21. The first-order chi connectivity index (χ1) is 9.22. The molecule has 0 amide bonds. The Balaban J connectivity index is 1.96. The largest absolute Gasteiger partial charge is 0.476 e. The maximum Gasteiger partial charge on any atom is 0.242 e. The zero-order chi connectivity index (χ0) is 13.7. The van der Waals surface area contributed by atoms with Crippen LogP contribution in [0.5, 0.6) is 5.88 Å². The van der Waals surface area contributed by atoms with E-state index < -0.39 is 0 Å². The molecule has 6 nitrogen and oxygen atoms in total. The van der Waals surface area contributed by atoms with Crippen molar-refractivity contribution in [1.82, 2.24) is 14.9 Å². The first-order valence-corrected chi connectivity index (χ1v) is 6.89. The van der Waals surface area contributed by atoms with Gasteiger partial charge in [0.25, 0.3) is 0 Å². The Bertz CT molecular complexity index is 412. The van der Waals surface area contributed by atoms with Gasteiger partial charge in [0.1, 0.15) is 12.0 Å². The van der Waals surface area contributed by atoms with Crippen LogP contribution in [0.1, 0.15) is 26.2 Å². The molecular weight excluding hydrogens is 242 g/mol. The summed E-state index contributed by atoms with van der Waals surface area (Å²) >= 11 is 0. The first kappa shape index (κ1) is 13.9. The van der Waals surface area contributed by atoms with Crippen molar-refractivity contribution in [2.24, 2.45) is 0 Å². The van der Waals surface area contributed by atoms with Gasteiger partial charge < -0.3 is 20.7 Å². The van der Waals surface area contributed by atoms with E-state index in [-0.39, 0.29) is 0 Å². The quantitative estimate of drug-likeness (QED) is 0.808. The van der Waals surface area contributed by atoms with Crippen molar-refractivity contribution in [3.05, 3.63) is 6.33 Å². The van der Waals surface area contributed by atoms with Gasteiger partial charge in [-0.3, -0.25) is 0 Å². The molecule has 2 rings (SSSR count). The van der Waals surface area contributed by atoms with Crippen LogP contribution in [0.15, 0.2) is 6.33 Å². The van der Waals surface area contributed by atoms with E-state index in [0.29, 0.717) is 30.0 Å². The topological polar surface area (TPSA) is 76.3 Å². The molecule has 1 aromatic rings. The number of anilines is 2. The lowest BCUT2D eigenvalue weighted by atomic mass is 10.2. The molecule has 1 fully saturated rings. The van der Waals surface area contributed by atoms with Crippen molar-refractivity contribution in [1.29, 1.82) is 0 Å². The molecule has 1 atom stereocenters. The van der Waals surface area contributed by atoms with Crippen molar-refractivity contribution < 1.29 is 4.74 Å². The molecule has 106 valence electrons. The number of nitrogens with one attached hydrogen (secondary N) is 1. The van der Waals surface area contributed by atoms with Gasteiger partial charge in [-0.1, -0.05) is 6.92 Å². The standard InChI is InChI=1S/C13H23N5O/c1-3-7-19-13-11(14)12(16-9-17-13)15-8-10-5-4-6-18(10)2/h9-10H,3-8,14H2,1-2H3,(H,15,16,17). The van der Waals surface area contributed by atoms with Gasteiger partial charge in [-0.05, 0) is 32.9 Å². The van der Waals surface area contributed by atoms with Crippen molar-refractivity contribution >= 4 is 11.5 Å². The maximum atomic E-state index is 6.02. The molecule has 0 aliphatic carbocycles. The zero-order valence-electron chi connectivity index (χ0n) is 11.7. The monoisotopic (exact) mass is 265 g/mol. The van der Waals surface area contributed by atoms with Crippen LogP contribution in [0.3, 0.4) is 0 Å². The molecule has 0 bridgehead atoms.